The molecule has 216 valence electrons. The molecule has 0 radical (unpaired) electrons. The van der Waals surface area contributed by atoms with Gasteiger partial charge in [-0.05, 0) is 86.9 Å². The van der Waals surface area contributed by atoms with Gasteiger partial charge in [-0.2, -0.15) is 0 Å². The number of rotatable bonds is 5. The van der Waals surface area contributed by atoms with Crippen molar-refractivity contribution in [3.63, 3.8) is 0 Å². The zero-order valence-corrected chi connectivity index (χ0v) is 25.9. The molecule has 0 amide bonds. The van der Waals surface area contributed by atoms with Crippen LogP contribution in [0.25, 0.3) is 64.0 Å². The van der Waals surface area contributed by atoms with Gasteiger partial charge in [0, 0.05) is 42.6 Å². The van der Waals surface area contributed by atoms with Crippen molar-refractivity contribution in [3.05, 3.63) is 176 Å². The van der Waals surface area contributed by atoms with Gasteiger partial charge in [-0.3, -0.25) is 0 Å². The Hall–Kier alpha value is -5.70. The molecule has 2 heteroatoms. The third-order valence-corrected chi connectivity index (χ3v) is 10.2. The summed E-state index contributed by atoms with van der Waals surface area (Å²) in [4.78, 5) is 2.34. The zero-order valence-electron chi connectivity index (χ0n) is 25.1. The molecule has 0 unspecified atom stereocenters. The smallest absolute Gasteiger partial charge is 0.0467 e. The number of nitrogens with zero attached hydrogens (tertiary/aromatic N) is 1. The molecule has 0 saturated carbocycles. The standard InChI is InChI=1S/C44H29NS/c1-3-12-30(13-4-1)32-14-11-17-36(28-32)45(34-15-5-2-6-16-34)35-25-22-31(23-26-35)33-24-27-42-41(29-33)43-39-20-9-7-18-37(39)38-19-8-10-21-40(38)44(43)46-42/h1-29H. The molecular weight excluding hydrogens is 575 g/mol. The van der Waals surface area contributed by atoms with E-state index < -0.39 is 0 Å². The molecule has 0 aliphatic rings. The normalized spacial score (nSPS) is 11.5. The van der Waals surface area contributed by atoms with Gasteiger partial charge < -0.3 is 4.90 Å². The van der Waals surface area contributed by atoms with E-state index in [1.807, 2.05) is 11.3 Å². The Kier molecular flexibility index (Phi) is 6.40. The number of para-hydroxylation sites is 1. The van der Waals surface area contributed by atoms with Crippen molar-refractivity contribution >= 4 is 70.1 Å². The summed E-state index contributed by atoms with van der Waals surface area (Å²) in [6, 6.07) is 63.7. The Morgan fingerprint density at radius 1 is 0.326 bits per heavy atom. The van der Waals surface area contributed by atoms with Gasteiger partial charge in [-0.1, -0.05) is 127 Å². The minimum Gasteiger partial charge on any atom is -0.310 e. The molecule has 9 aromatic rings. The average Bonchev–Trinajstić information content (AvgIpc) is 3.53. The van der Waals surface area contributed by atoms with E-state index in [1.165, 1.54) is 64.0 Å². The van der Waals surface area contributed by atoms with Crippen LogP contribution in [0.1, 0.15) is 0 Å². The molecule has 0 atom stereocenters. The number of hydrogen-bond acceptors (Lipinski definition) is 2. The summed E-state index contributed by atoms with van der Waals surface area (Å²) in [5.74, 6) is 0. The molecule has 1 heterocycles. The fraction of sp³-hybridized carbons (Fsp3) is 0. The molecule has 0 N–H and O–H groups in total. The van der Waals surface area contributed by atoms with Gasteiger partial charge >= 0.3 is 0 Å². The summed E-state index contributed by atoms with van der Waals surface area (Å²) in [6.45, 7) is 0. The van der Waals surface area contributed by atoms with Crippen LogP contribution in [0, 0.1) is 0 Å². The van der Waals surface area contributed by atoms with E-state index in [-0.39, 0.29) is 0 Å². The van der Waals surface area contributed by atoms with Crippen LogP contribution in [-0.2, 0) is 0 Å². The lowest BCUT2D eigenvalue weighted by molar-refractivity contribution is 1.28. The molecule has 46 heavy (non-hydrogen) atoms. The first-order valence-electron chi connectivity index (χ1n) is 15.7. The molecule has 8 aromatic carbocycles. The van der Waals surface area contributed by atoms with Gasteiger partial charge in [0.05, 0.1) is 0 Å². The van der Waals surface area contributed by atoms with Crippen LogP contribution < -0.4 is 4.90 Å². The fourth-order valence-electron chi connectivity index (χ4n) is 6.87. The average molecular weight is 604 g/mol. The maximum absolute atomic E-state index is 2.39. The van der Waals surface area contributed by atoms with Gasteiger partial charge in [0.25, 0.3) is 0 Å². The highest BCUT2D eigenvalue weighted by Gasteiger charge is 2.16. The second-order valence-corrected chi connectivity index (χ2v) is 12.8. The first-order valence-corrected chi connectivity index (χ1v) is 16.5. The lowest BCUT2D eigenvalue weighted by atomic mass is 9.96. The number of anilines is 3. The van der Waals surface area contributed by atoms with E-state index in [1.54, 1.807) is 0 Å². The van der Waals surface area contributed by atoms with Crippen molar-refractivity contribution in [1.29, 1.82) is 0 Å². The summed E-state index contributed by atoms with van der Waals surface area (Å²) in [7, 11) is 0. The monoisotopic (exact) mass is 603 g/mol. The Balaban J connectivity index is 1.16. The largest absolute Gasteiger partial charge is 0.310 e. The summed E-state index contributed by atoms with van der Waals surface area (Å²) < 4.78 is 2.69. The maximum atomic E-state index is 2.39. The summed E-state index contributed by atoms with van der Waals surface area (Å²) >= 11 is 1.90. The molecule has 0 aliphatic heterocycles. The predicted octanol–water partition coefficient (Wildman–Crippen LogP) is 13.2. The topological polar surface area (TPSA) is 3.24 Å². The molecule has 0 saturated heterocycles. The van der Waals surface area contributed by atoms with Gasteiger partial charge in [0.1, 0.15) is 0 Å². The van der Waals surface area contributed by atoms with E-state index in [4.69, 9.17) is 0 Å². The lowest BCUT2D eigenvalue weighted by Gasteiger charge is -2.26. The quantitative estimate of drug-likeness (QED) is 0.177. The second kappa shape index (κ2) is 11.0. The number of hydrogen-bond donors (Lipinski definition) is 0. The first kappa shape index (κ1) is 26.7. The molecule has 0 fully saturated rings. The minimum atomic E-state index is 1.12. The van der Waals surface area contributed by atoms with E-state index >= 15 is 0 Å². The number of benzene rings is 8. The van der Waals surface area contributed by atoms with Crippen molar-refractivity contribution in [2.45, 2.75) is 0 Å². The Morgan fingerprint density at radius 2 is 0.848 bits per heavy atom. The first-order chi connectivity index (χ1) is 22.8. The van der Waals surface area contributed by atoms with Crippen LogP contribution in [0.5, 0.6) is 0 Å². The van der Waals surface area contributed by atoms with Gasteiger partial charge in [0.2, 0.25) is 0 Å². The van der Waals surface area contributed by atoms with Crippen LogP contribution in [0.4, 0.5) is 17.1 Å². The van der Waals surface area contributed by atoms with Crippen LogP contribution in [-0.4, -0.2) is 0 Å². The molecule has 1 aromatic heterocycles. The number of fused-ring (bicyclic) bond motifs is 8. The molecule has 9 rings (SSSR count). The highest BCUT2D eigenvalue weighted by Crippen LogP contribution is 2.45. The minimum absolute atomic E-state index is 1.12. The Bertz CT molecular complexity index is 2510. The highest BCUT2D eigenvalue weighted by molar-refractivity contribution is 7.27. The van der Waals surface area contributed by atoms with Crippen molar-refractivity contribution in [1.82, 2.24) is 0 Å². The van der Waals surface area contributed by atoms with Crippen molar-refractivity contribution < 1.29 is 0 Å². The van der Waals surface area contributed by atoms with E-state index in [0.717, 1.165) is 17.1 Å². The maximum Gasteiger partial charge on any atom is 0.0467 e. The lowest BCUT2D eigenvalue weighted by Crippen LogP contribution is -2.09. The third-order valence-electron chi connectivity index (χ3n) is 9.03. The van der Waals surface area contributed by atoms with Crippen molar-refractivity contribution in [2.24, 2.45) is 0 Å². The zero-order chi connectivity index (χ0) is 30.5. The Labute approximate surface area is 272 Å². The van der Waals surface area contributed by atoms with Crippen molar-refractivity contribution in [2.75, 3.05) is 4.90 Å². The van der Waals surface area contributed by atoms with Crippen LogP contribution in [0.2, 0.25) is 0 Å². The summed E-state index contributed by atoms with van der Waals surface area (Å²) in [6.07, 6.45) is 0. The van der Waals surface area contributed by atoms with E-state index in [9.17, 15) is 0 Å². The number of thiophene rings is 1. The third kappa shape index (κ3) is 4.46. The fourth-order valence-corrected chi connectivity index (χ4v) is 8.11. The van der Waals surface area contributed by atoms with Gasteiger partial charge in [-0.25, -0.2) is 0 Å². The molecule has 0 spiro atoms. The van der Waals surface area contributed by atoms with Crippen LogP contribution in [0.15, 0.2) is 176 Å². The SMILES string of the molecule is c1ccc(-c2cccc(N(c3ccccc3)c3ccc(-c4ccc5sc6c7ccccc7c7ccccc7c6c5c4)cc3)c2)cc1. The second-order valence-electron chi connectivity index (χ2n) is 11.7. The Morgan fingerprint density at radius 3 is 1.61 bits per heavy atom. The summed E-state index contributed by atoms with van der Waals surface area (Å²) in [5.41, 5.74) is 8.24. The van der Waals surface area contributed by atoms with Gasteiger partial charge in [0.15, 0.2) is 0 Å². The van der Waals surface area contributed by atoms with E-state index in [2.05, 4.69) is 181 Å². The molecule has 0 aliphatic carbocycles. The molecule has 0 bridgehead atoms. The van der Waals surface area contributed by atoms with E-state index in [0.29, 0.717) is 0 Å². The molecule has 1 nitrogen and oxygen atoms in total. The predicted molar refractivity (Wildman–Crippen MR) is 200 cm³/mol. The van der Waals surface area contributed by atoms with Gasteiger partial charge in [-0.15, -0.1) is 11.3 Å². The molecular formula is C44H29NS. The highest BCUT2D eigenvalue weighted by atomic mass is 32.1. The van der Waals surface area contributed by atoms with Crippen LogP contribution in [0.3, 0.4) is 0 Å². The summed E-state index contributed by atoms with van der Waals surface area (Å²) in [5, 5.41) is 7.99. The van der Waals surface area contributed by atoms with Crippen LogP contribution >= 0.6 is 11.3 Å². The van der Waals surface area contributed by atoms with Crippen molar-refractivity contribution in [3.8, 4) is 22.3 Å².